The minimum Gasteiger partial charge on any atom is -0.381 e. The number of benzene rings is 1. The largest absolute Gasteiger partial charge is 0.381 e. The average molecular weight is 295 g/mol. The fraction of sp³-hybridized carbons (Fsp3) is 0.462. The molecular formula is C13H17N3O3S. The van der Waals surface area contributed by atoms with Gasteiger partial charge in [-0.15, -0.1) is 0 Å². The number of amides is 2. The second-order valence-electron chi connectivity index (χ2n) is 5.28. The van der Waals surface area contributed by atoms with Gasteiger partial charge in [-0.2, -0.15) is 0 Å². The normalized spacial score (nSPS) is 24.2. The maximum atomic E-state index is 11.6. The molecule has 1 unspecified atom stereocenters. The Labute approximate surface area is 117 Å². The summed E-state index contributed by atoms with van der Waals surface area (Å²) in [7, 11) is -2.92. The standard InChI is InChI=1S/C13H17N3O3S/c17-13-14-7-9-3-4-10(6-12(9)16-13)15-11-2-1-5-20(18,19)8-11/h3-4,6,11,15H,1-2,5,7-8H2,(H2,14,16,17). The van der Waals surface area contributed by atoms with Gasteiger partial charge in [0.15, 0.2) is 9.84 Å². The van der Waals surface area contributed by atoms with E-state index in [1.807, 2.05) is 18.2 Å². The van der Waals surface area contributed by atoms with E-state index in [1.165, 1.54) is 0 Å². The van der Waals surface area contributed by atoms with Crippen LogP contribution in [0.4, 0.5) is 16.2 Å². The van der Waals surface area contributed by atoms with E-state index in [9.17, 15) is 13.2 Å². The molecule has 2 heterocycles. The molecule has 2 aliphatic heterocycles. The van der Waals surface area contributed by atoms with Crippen molar-refractivity contribution in [2.24, 2.45) is 0 Å². The van der Waals surface area contributed by atoms with Crippen LogP contribution >= 0.6 is 0 Å². The lowest BCUT2D eigenvalue weighted by molar-refractivity contribution is 0.251. The third-order valence-corrected chi connectivity index (χ3v) is 5.45. The lowest BCUT2D eigenvalue weighted by Crippen LogP contribution is -2.35. The van der Waals surface area contributed by atoms with Crippen LogP contribution in [-0.4, -0.2) is 32.0 Å². The average Bonchev–Trinajstić information content (AvgIpc) is 2.37. The molecule has 1 fully saturated rings. The molecule has 1 atom stereocenters. The van der Waals surface area contributed by atoms with Crippen molar-refractivity contribution in [1.82, 2.24) is 5.32 Å². The molecule has 7 heteroatoms. The summed E-state index contributed by atoms with van der Waals surface area (Å²) in [5.74, 6) is 0.467. The fourth-order valence-electron chi connectivity index (χ4n) is 2.65. The first kappa shape index (κ1) is 13.2. The summed E-state index contributed by atoms with van der Waals surface area (Å²) >= 11 is 0. The lowest BCUT2D eigenvalue weighted by atomic mass is 10.1. The molecule has 1 saturated heterocycles. The number of hydrogen-bond donors (Lipinski definition) is 3. The van der Waals surface area contributed by atoms with Gasteiger partial charge >= 0.3 is 6.03 Å². The van der Waals surface area contributed by atoms with Crippen molar-refractivity contribution in [3.8, 4) is 0 Å². The van der Waals surface area contributed by atoms with Crippen molar-refractivity contribution in [3.63, 3.8) is 0 Å². The van der Waals surface area contributed by atoms with Gasteiger partial charge in [0.25, 0.3) is 0 Å². The van der Waals surface area contributed by atoms with Gasteiger partial charge in [0.1, 0.15) is 0 Å². The minimum atomic E-state index is -2.92. The van der Waals surface area contributed by atoms with Crippen molar-refractivity contribution in [2.75, 3.05) is 22.1 Å². The molecule has 2 aliphatic rings. The van der Waals surface area contributed by atoms with Gasteiger partial charge in [0.05, 0.1) is 11.5 Å². The zero-order valence-electron chi connectivity index (χ0n) is 11.0. The van der Waals surface area contributed by atoms with E-state index in [2.05, 4.69) is 16.0 Å². The van der Waals surface area contributed by atoms with Crippen molar-refractivity contribution >= 4 is 27.2 Å². The number of carbonyl (C=O) groups is 1. The predicted molar refractivity (Wildman–Crippen MR) is 77.6 cm³/mol. The number of sulfone groups is 1. The fourth-order valence-corrected chi connectivity index (χ4v) is 4.29. The minimum absolute atomic E-state index is 0.0517. The second kappa shape index (κ2) is 4.97. The maximum Gasteiger partial charge on any atom is 0.319 e. The van der Waals surface area contributed by atoms with E-state index >= 15 is 0 Å². The van der Waals surface area contributed by atoms with E-state index in [1.54, 1.807) is 0 Å². The zero-order chi connectivity index (χ0) is 14.2. The van der Waals surface area contributed by atoms with E-state index in [0.717, 1.165) is 23.4 Å². The molecule has 0 radical (unpaired) electrons. The molecule has 108 valence electrons. The van der Waals surface area contributed by atoms with Gasteiger partial charge in [-0.3, -0.25) is 0 Å². The van der Waals surface area contributed by atoms with Crippen molar-refractivity contribution in [1.29, 1.82) is 0 Å². The van der Waals surface area contributed by atoms with E-state index < -0.39 is 9.84 Å². The summed E-state index contributed by atoms with van der Waals surface area (Å²) in [5, 5.41) is 8.70. The predicted octanol–water partition coefficient (Wildman–Crippen LogP) is 1.31. The van der Waals surface area contributed by atoms with Gasteiger partial charge in [-0.1, -0.05) is 6.07 Å². The molecule has 3 N–H and O–H groups in total. The molecule has 3 rings (SSSR count). The van der Waals surface area contributed by atoms with Gasteiger partial charge < -0.3 is 16.0 Å². The monoisotopic (exact) mass is 295 g/mol. The first-order valence-electron chi connectivity index (χ1n) is 6.67. The molecule has 1 aromatic carbocycles. The highest BCUT2D eigenvalue weighted by molar-refractivity contribution is 7.91. The molecule has 0 saturated carbocycles. The Hall–Kier alpha value is -1.76. The molecule has 1 aromatic rings. The molecule has 20 heavy (non-hydrogen) atoms. The quantitative estimate of drug-likeness (QED) is 0.767. The van der Waals surface area contributed by atoms with Crippen LogP contribution in [0.15, 0.2) is 18.2 Å². The van der Waals surface area contributed by atoms with Crippen LogP contribution in [0.1, 0.15) is 18.4 Å². The topological polar surface area (TPSA) is 87.3 Å². The number of anilines is 2. The Morgan fingerprint density at radius 3 is 2.95 bits per heavy atom. The highest BCUT2D eigenvalue weighted by Gasteiger charge is 2.24. The summed E-state index contributed by atoms with van der Waals surface area (Å²) in [6, 6.07) is 5.44. The van der Waals surface area contributed by atoms with Gasteiger partial charge in [-0.05, 0) is 30.5 Å². The van der Waals surface area contributed by atoms with Crippen LogP contribution in [0.25, 0.3) is 0 Å². The molecule has 6 nitrogen and oxygen atoms in total. The Morgan fingerprint density at radius 1 is 1.30 bits per heavy atom. The van der Waals surface area contributed by atoms with Crippen LogP contribution in [0, 0.1) is 0 Å². The Kier molecular flexibility index (Phi) is 3.29. The third kappa shape index (κ3) is 2.87. The lowest BCUT2D eigenvalue weighted by Gasteiger charge is -2.25. The number of hydrogen-bond acceptors (Lipinski definition) is 4. The van der Waals surface area contributed by atoms with Crippen molar-refractivity contribution in [3.05, 3.63) is 23.8 Å². The van der Waals surface area contributed by atoms with Gasteiger partial charge in [0, 0.05) is 24.0 Å². The van der Waals surface area contributed by atoms with Crippen molar-refractivity contribution < 1.29 is 13.2 Å². The van der Waals surface area contributed by atoms with Gasteiger partial charge in [-0.25, -0.2) is 13.2 Å². The maximum absolute atomic E-state index is 11.6. The molecule has 0 bridgehead atoms. The second-order valence-corrected chi connectivity index (χ2v) is 7.51. The molecule has 0 aliphatic carbocycles. The number of fused-ring (bicyclic) bond motifs is 1. The van der Waals surface area contributed by atoms with E-state index in [0.29, 0.717) is 13.0 Å². The van der Waals surface area contributed by atoms with Crippen molar-refractivity contribution in [2.45, 2.75) is 25.4 Å². The number of nitrogens with one attached hydrogen (secondary N) is 3. The smallest absolute Gasteiger partial charge is 0.319 e. The first-order chi connectivity index (χ1) is 9.52. The molecule has 0 spiro atoms. The highest BCUT2D eigenvalue weighted by Crippen LogP contribution is 2.25. The number of urea groups is 1. The summed E-state index contributed by atoms with van der Waals surface area (Å²) in [6.45, 7) is 0.513. The Balaban J connectivity index is 1.75. The van der Waals surface area contributed by atoms with Crippen LogP contribution in [0.2, 0.25) is 0 Å². The Bertz CT molecular complexity index is 642. The molecular weight excluding hydrogens is 278 g/mol. The van der Waals surface area contributed by atoms with Gasteiger partial charge in [0.2, 0.25) is 0 Å². The zero-order valence-corrected chi connectivity index (χ0v) is 11.8. The Morgan fingerprint density at radius 2 is 2.15 bits per heavy atom. The van der Waals surface area contributed by atoms with Crippen LogP contribution in [0.3, 0.4) is 0 Å². The van der Waals surface area contributed by atoms with Crippen LogP contribution in [-0.2, 0) is 16.4 Å². The summed E-state index contributed by atoms with van der Waals surface area (Å²) in [5.41, 5.74) is 2.64. The molecule has 0 aromatic heterocycles. The summed E-state index contributed by atoms with van der Waals surface area (Å²) in [6.07, 6.45) is 1.55. The summed E-state index contributed by atoms with van der Waals surface area (Å²) in [4.78, 5) is 11.3. The van der Waals surface area contributed by atoms with E-state index in [-0.39, 0.29) is 23.6 Å². The van der Waals surface area contributed by atoms with E-state index in [4.69, 9.17) is 0 Å². The summed E-state index contributed by atoms with van der Waals surface area (Å²) < 4.78 is 23.2. The number of rotatable bonds is 2. The SMILES string of the molecule is O=C1NCc2ccc(NC3CCCS(=O)(=O)C3)cc2N1. The third-order valence-electron chi connectivity index (χ3n) is 3.63. The number of carbonyl (C=O) groups excluding carboxylic acids is 1. The highest BCUT2D eigenvalue weighted by atomic mass is 32.2. The van der Waals surface area contributed by atoms with Crippen LogP contribution in [0.5, 0.6) is 0 Å². The first-order valence-corrected chi connectivity index (χ1v) is 8.49. The van der Waals surface area contributed by atoms with Crippen LogP contribution < -0.4 is 16.0 Å². The molecule has 2 amide bonds.